The largest absolute Gasteiger partial charge is 0.481 e. The third-order valence-electron chi connectivity index (χ3n) is 3.59. The summed E-state index contributed by atoms with van der Waals surface area (Å²) in [5.41, 5.74) is 0. The van der Waals surface area contributed by atoms with Crippen molar-refractivity contribution in [3.8, 4) is 0 Å². The number of aliphatic carboxylic acids is 1. The van der Waals surface area contributed by atoms with Crippen molar-refractivity contribution in [1.29, 1.82) is 0 Å². The van der Waals surface area contributed by atoms with Gasteiger partial charge in [0.25, 0.3) is 0 Å². The van der Waals surface area contributed by atoms with Gasteiger partial charge in [-0.2, -0.15) is 0 Å². The number of hydrogen-bond acceptors (Lipinski definition) is 2. The minimum Gasteiger partial charge on any atom is -0.481 e. The molecule has 0 aliphatic rings. The molecule has 21 heavy (non-hydrogen) atoms. The van der Waals surface area contributed by atoms with Crippen molar-refractivity contribution < 1.29 is 14.7 Å². The molecule has 0 saturated carbocycles. The van der Waals surface area contributed by atoms with Gasteiger partial charge in [0, 0.05) is 19.1 Å². The average Bonchev–Trinajstić information content (AvgIpc) is 2.37. The molecule has 0 spiro atoms. The maximum atomic E-state index is 12.0. The summed E-state index contributed by atoms with van der Waals surface area (Å²) >= 11 is 0. The number of nitrogens with zero attached hydrogens (tertiary/aromatic N) is 1. The van der Waals surface area contributed by atoms with Crippen LogP contribution in [0.5, 0.6) is 0 Å². The molecular formula is C16H32N2O3. The molecule has 0 saturated heterocycles. The Kier molecular flexibility index (Phi) is 10.7. The molecule has 2 N–H and O–H groups in total. The van der Waals surface area contributed by atoms with Crippen molar-refractivity contribution in [2.75, 3.05) is 13.1 Å². The molecule has 0 aliphatic heterocycles. The number of rotatable bonds is 11. The molecule has 0 aliphatic carbocycles. The van der Waals surface area contributed by atoms with Crippen LogP contribution in [0.1, 0.15) is 66.2 Å². The Morgan fingerprint density at radius 3 is 2.24 bits per heavy atom. The van der Waals surface area contributed by atoms with Crippen LogP contribution in [-0.2, 0) is 4.79 Å². The summed E-state index contributed by atoms with van der Waals surface area (Å²) in [6.45, 7) is 9.29. The molecule has 0 fully saturated rings. The normalized spacial score (nSPS) is 12.2. The predicted octanol–water partition coefficient (Wildman–Crippen LogP) is 3.49. The standard InChI is InChI=1S/C16H32N2O3/c1-5-18(14(4)12-15(19)20)16(21)17-11-9-7-6-8-10-13(2)3/h13-14H,5-12H2,1-4H3,(H,17,21)(H,19,20). The van der Waals surface area contributed by atoms with Crippen LogP contribution in [0.4, 0.5) is 4.79 Å². The van der Waals surface area contributed by atoms with Gasteiger partial charge in [-0.3, -0.25) is 4.79 Å². The minimum atomic E-state index is -0.876. The van der Waals surface area contributed by atoms with Gasteiger partial charge in [-0.1, -0.05) is 39.5 Å². The smallest absolute Gasteiger partial charge is 0.317 e. The number of unbranched alkanes of at least 4 members (excludes halogenated alkanes) is 3. The van der Waals surface area contributed by atoms with Crippen molar-refractivity contribution in [1.82, 2.24) is 10.2 Å². The maximum Gasteiger partial charge on any atom is 0.317 e. The van der Waals surface area contributed by atoms with Gasteiger partial charge >= 0.3 is 12.0 Å². The number of urea groups is 1. The highest BCUT2D eigenvalue weighted by molar-refractivity contribution is 5.75. The van der Waals surface area contributed by atoms with Crippen LogP contribution < -0.4 is 5.32 Å². The number of carbonyl (C=O) groups excluding carboxylic acids is 1. The van der Waals surface area contributed by atoms with E-state index in [9.17, 15) is 9.59 Å². The molecule has 0 aromatic heterocycles. The first kappa shape index (κ1) is 19.7. The fourth-order valence-electron chi connectivity index (χ4n) is 2.35. The van der Waals surface area contributed by atoms with Crippen molar-refractivity contribution in [3.05, 3.63) is 0 Å². The zero-order valence-electron chi connectivity index (χ0n) is 14.0. The van der Waals surface area contributed by atoms with E-state index in [1.165, 1.54) is 19.3 Å². The van der Waals surface area contributed by atoms with Gasteiger partial charge in [0.1, 0.15) is 0 Å². The predicted molar refractivity (Wildman–Crippen MR) is 85.4 cm³/mol. The second-order valence-electron chi connectivity index (χ2n) is 6.06. The van der Waals surface area contributed by atoms with Crippen LogP contribution in [0.3, 0.4) is 0 Å². The topological polar surface area (TPSA) is 69.6 Å². The summed E-state index contributed by atoms with van der Waals surface area (Å²) in [6.07, 6.45) is 5.82. The van der Waals surface area contributed by atoms with E-state index in [1.54, 1.807) is 11.8 Å². The molecule has 1 atom stereocenters. The number of hydrogen-bond donors (Lipinski definition) is 2. The fourth-order valence-corrected chi connectivity index (χ4v) is 2.35. The quantitative estimate of drug-likeness (QED) is 0.574. The van der Waals surface area contributed by atoms with Crippen molar-refractivity contribution >= 4 is 12.0 Å². The van der Waals surface area contributed by atoms with Gasteiger partial charge in [0.2, 0.25) is 0 Å². The third-order valence-corrected chi connectivity index (χ3v) is 3.59. The molecule has 0 radical (unpaired) electrons. The van der Waals surface area contributed by atoms with E-state index in [-0.39, 0.29) is 18.5 Å². The van der Waals surface area contributed by atoms with Gasteiger partial charge in [-0.15, -0.1) is 0 Å². The number of nitrogens with one attached hydrogen (secondary N) is 1. The SMILES string of the molecule is CCN(C(=O)NCCCCCCC(C)C)C(C)CC(=O)O. The number of carboxylic acids is 1. The van der Waals surface area contributed by atoms with E-state index in [4.69, 9.17) is 5.11 Å². The highest BCUT2D eigenvalue weighted by Crippen LogP contribution is 2.09. The van der Waals surface area contributed by atoms with Gasteiger partial charge in [-0.05, 0) is 26.2 Å². The molecule has 0 aromatic rings. The van der Waals surface area contributed by atoms with Crippen LogP contribution in [0.2, 0.25) is 0 Å². The molecule has 0 heterocycles. The lowest BCUT2D eigenvalue weighted by molar-refractivity contribution is -0.138. The monoisotopic (exact) mass is 300 g/mol. The molecule has 2 amide bonds. The lowest BCUT2D eigenvalue weighted by atomic mass is 10.0. The lowest BCUT2D eigenvalue weighted by Crippen LogP contribution is -2.45. The van der Waals surface area contributed by atoms with Crippen LogP contribution in [0, 0.1) is 5.92 Å². The van der Waals surface area contributed by atoms with E-state index in [0.29, 0.717) is 13.1 Å². The Hall–Kier alpha value is -1.26. The second-order valence-corrected chi connectivity index (χ2v) is 6.06. The molecular weight excluding hydrogens is 268 g/mol. The first-order chi connectivity index (χ1) is 9.88. The number of amides is 2. The molecule has 5 nitrogen and oxygen atoms in total. The molecule has 0 rings (SSSR count). The maximum absolute atomic E-state index is 12.0. The van der Waals surface area contributed by atoms with Gasteiger partial charge < -0.3 is 15.3 Å². The summed E-state index contributed by atoms with van der Waals surface area (Å²) < 4.78 is 0. The van der Waals surface area contributed by atoms with E-state index < -0.39 is 5.97 Å². The van der Waals surface area contributed by atoms with E-state index in [1.807, 2.05) is 6.92 Å². The van der Waals surface area contributed by atoms with Crippen LogP contribution in [0.25, 0.3) is 0 Å². The first-order valence-electron chi connectivity index (χ1n) is 8.14. The van der Waals surface area contributed by atoms with Crippen LogP contribution in [-0.4, -0.2) is 41.1 Å². The molecule has 0 aromatic carbocycles. The van der Waals surface area contributed by atoms with E-state index in [2.05, 4.69) is 19.2 Å². The van der Waals surface area contributed by atoms with Gasteiger partial charge in [0.05, 0.1) is 6.42 Å². The average molecular weight is 300 g/mol. The van der Waals surface area contributed by atoms with E-state index in [0.717, 1.165) is 18.8 Å². The zero-order chi connectivity index (χ0) is 16.3. The van der Waals surface area contributed by atoms with Crippen molar-refractivity contribution in [2.24, 2.45) is 5.92 Å². The van der Waals surface area contributed by atoms with Gasteiger partial charge in [0.15, 0.2) is 0 Å². The Balaban J connectivity index is 3.82. The first-order valence-corrected chi connectivity index (χ1v) is 8.14. The molecule has 0 bridgehead atoms. The van der Waals surface area contributed by atoms with Crippen molar-refractivity contribution in [3.63, 3.8) is 0 Å². The fraction of sp³-hybridized carbons (Fsp3) is 0.875. The number of carboxylic acid groups (broad SMARTS) is 1. The zero-order valence-corrected chi connectivity index (χ0v) is 14.0. The minimum absolute atomic E-state index is 0.0174. The Labute approximate surface area is 129 Å². The molecule has 124 valence electrons. The Morgan fingerprint density at radius 2 is 1.71 bits per heavy atom. The third kappa shape index (κ3) is 10.2. The molecule has 5 heteroatoms. The Bertz CT molecular complexity index is 306. The van der Waals surface area contributed by atoms with Gasteiger partial charge in [-0.25, -0.2) is 4.79 Å². The van der Waals surface area contributed by atoms with Crippen LogP contribution in [0.15, 0.2) is 0 Å². The highest BCUT2D eigenvalue weighted by Gasteiger charge is 2.20. The second kappa shape index (κ2) is 11.4. The van der Waals surface area contributed by atoms with E-state index >= 15 is 0 Å². The van der Waals surface area contributed by atoms with Crippen molar-refractivity contribution in [2.45, 2.75) is 72.3 Å². The highest BCUT2D eigenvalue weighted by atomic mass is 16.4. The summed E-state index contributed by atoms with van der Waals surface area (Å²) in [7, 11) is 0. The number of carbonyl (C=O) groups is 2. The molecule has 1 unspecified atom stereocenters. The lowest BCUT2D eigenvalue weighted by Gasteiger charge is -2.27. The summed E-state index contributed by atoms with van der Waals surface area (Å²) in [4.78, 5) is 24.3. The summed E-state index contributed by atoms with van der Waals surface area (Å²) in [5, 5.41) is 11.7. The summed E-state index contributed by atoms with van der Waals surface area (Å²) in [5.74, 6) is -0.113. The van der Waals surface area contributed by atoms with Crippen LogP contribution >= 0.6 is 0 Å². The summed E-state index contributed by atoms with van der Waals surface area (Å²) in [6, 6.07) is -0.438. The Morgan fingerprint density at radius 1 is 1.10 bits per heavy atom.